The molecular weight excluding hydrogens is 238 g/mol. The van der Waals surface area contributed by atoms with E-state index in [0.29, 0.717) is 0 Å². The van der Waals surface area contributed by atoms with E-state index in [0.717, 1.165) is 0 Å². The smallest absolute Gasteiger partial charge is 0.358 e. The zero-order valence-corrected chi connectivity index (χ0v) is 9.69. The Kier molecular flexibility index (Phi) is 7.42. The Labute approximate surface area is 87.7 Å². The van der Waals surface area contributed by atoms with Crippen LogP contribution >= 0.6 is 30.8 Å². The first-order chi connectivity index (χ1) is 6.06. The van der Waals surface area contributed by atoms with E-state index in [2.05, 4.69) is 0 Å². The Morgan fingerprint density at radius 1 is 1.31 bits per heavy atom. The van der Waals surface area contributed by atoms with Crippen LogP contribution in [-0.2, 0) is 13.6 Å². The van der Waals surface area contributed by atoms with Gasteiger partial charge in [-0.15, -0.1) is 23.2 Å². The fourth-order valence-electron chi connectivity index (χ4n) is 0.576. The van der Waals surface area contributed by atoms with Crippen LogP contribution in [0.2, 0.25) is 0 Å². The van der Waals surface area contributed by atoms with Crippen LogP contribution in [0.4, 0.5) is 0 Å². The summed E-state index contributed by atoms with van der Waals surface area (Å²) >= 11 is 10.7. The van der Waals surface area contributed by atoms with Gasteiger partial charge in [0.15, 0.2) is 5.85 Å². The Morgan fingerprint density at radius 2 is 1.69 bits per heavy atom. The summed E-state index contributed by atoms with van der Waals surface area (Å²) < 4.78 is 21.3. The van der Waals surface area contributed by atoms with E-state index in [-0.39, 0.29) is 25.0 Å². The van der Waals surface area contributed by atoms with E-state index in [1.165, 1.54) is 6.92 Å². The minimum atomic E-state index is -3.44. The van der Waals surface area contributed by atoms with Crippen LogP contribution in [0.5, 0.6) is 0 Å². The molecule has 13 heavy (non-hydrogen) atoms. The van der Waals surface area contributed by atoms with Crippen molar-refractivity contribution >= 4 is 30.8 Å². The van der Waals surface area contributed by atoms with Crippen LogP contribution in [0.3, 0.4) is 0 Å². The fourth-order valence-corrected chi connectivity index (χ4v) is 2.14. The molecule has 0 amide bonds. The molecule has 0 bridgehead atoms. The summed E-state index contributed by atoms with van der Waals surface area (Å²) in [4.78, 5) is 0. The lowest BCUT2D eigenvalue weighted by Gasteiger charge is -2.19. The average Bonchev–Trinajstić information content (AvgIpc) is 2.11. The zero-order valence-electron chi connectivity index (χ0n) is 7.28. The van der Waals surface area contributed by atoms with Crippen LogP contribution < -0.4 is 0 Å². The summed E-state index contributed by atoms with van der Waals surface area (Å²) in [5.74, 6) is -0.777. The molecule has 0 spiro atoms. The molecule has 4 nitrogen and oxygen atoms in total. The van der Waals surface area contributed by atoms with Crippen molar-refractivity contribution in [2.45, 2.75) is 12.8 Å². The van der Waals surface area contributed by atoms with Crippen molar-refractivity contribution in [1.29, 1.82) is 0 Å². The summed E-state index contributed by atoms with van der Waals surface area (Å²) in [6.07, 6.45) is 0. The van der Waals surface area contributed by atoms with Gasteiger partial charge in [-0.25, -0.2) is 0 Å². The van der Waals surface area contributed by atoms with Gasteiger partial charge >= 0.3 is 7.60 Å². The van der Waals surface area contributed by atoms with E-state index in [9.17, 15) is 4.57 Å². The minimum Gasteiger partial charge on any atom is -0.381 e. The summed E-state index contributed by atoms with van der Waals surface area (Å²) in [6, 6.07) is 0. The molecule has 0 aromatic carbocycles. The maximum Gasteiger partial charge on any atom is 0.358 e. The predicted octanol–water partition coefficient (Wildman–Crippen LogP) is 2.03. The third-order valence-corrected chi connectivity index (χ3v) is 3.46. The highest BCUT2D eigenvalue weighted by Crippen LogP contribution is 2.51. The van der Waals surface area contributed by atoms with Gasteiger partial charge in [-0.1, -0.05) is 0 Å². The van der Waals surface area contributed by atoms with Crippen molar-refractivity contribution in [3.63, 3.8) is 0 Å². The molecule has 0 fully saturated rings. The van der Waals surface area contributed by atoms with E-state index in [4.69, 9.17) is 37.4 Å². The van der Waals surface area contributed by atoms with Crippen molar-refractivity contribution < 1.29 is 18.7 Å². The molecule has 0 heterocycles. The number of halogens is 2. The molecule has 1 unspecified atom stereocenters. The highest BCUT2D eigenvalue weighted by molar-refractivity contribution is 7.54. The first-order valence-corrected chi connectivity index (χ1v) is 6.43. The van der Waals surface area contributed by atoms with Crippen LogP contribution in [-0.4, -0.2) is 35.9 Å². The summed E-state index contributed by atoms with van der Waals surface area (Å²) in [6.45, 7) is 1.49. The van der Waals surface area contributed by atoms with Gasteiger partial charge in [0.25, 0.3) is 0 Å². The van der Waals surface area contributed by atoms with Crippen molar-refractivity contribution in [1.82, 2.24) is 0 Å². The molecule has 0 aliphatic heterocycles. The third kappa shape index (κ3) is 5.21. The average molecular weight is 251 g/mol. The first-order valence-electron chi connectivity index (χ1n) is 3.75. The lowest BCUT2D eigenvalue weighted by Crippen LogP contribution is -2.10. The maximum absolute atomic E-state index is 11.6. The summed E-state index contributed by atoms with van der Waals surface area (Å²) in [5.41, 5.74) is 0. The van der Waals surface area contributed by atoms with Crippen molar-refractivity contribution in [2.75, 3.05) is 25.0 Å². The largest absolute Gasteiger partial charge is 0.381 e. The second-order valence-corrected chi connectivity index (χ2v) is 5.32. The zero-order chi connectivity index (χ0) is 10.3. The lowest BCUT2D eigenvalue weighted by molar-refractivity contribution is 0.159. The van der Waals surface area contributed by atoms with Gasteiger partial charge in [0.05, 0.1) is 13.2 Å². The first kappa shape index (κ1) is 13.7. The van der Waals surface area contributed by atoms with Crippen molar-refractivity contribution in [3.8, 4) is 0 Å². The van der Waals surface area contributed by atoms with Crippen LogP contribution in [0.15, 0.2) is 0 Å². The van der Waals surface area contributed by atoms with Gasteiger partial charge in [0, 0.05) is 11.8 Å². The predicted molar refractivity (Wildman–Crippen MR) is 52.6 cm³/mol. The Hall–Kier alpha value is 0.690. The fraction of sp³-hybridized carbons (Fsp3) is 1.00. The topological polar surface area (TPSA) is 55.8 Å². The van der Waals surface area contributed by atoms with Crippen LogP contribution in [0.25, 0.3) is 0 Å². The van der Waals surface area contributed by atoms with E-state index in [1.807, 2.05) is 0 Å². The van der Waals surface area contributed by atoms with Gasteiger partial charge in [-0.05, 0) is 6.92 Å². The molecule has 80 valence electrons. The second-order valence-electron chi connectivity index (χ2n) is 2.22. The molecule has 7 heteroatoms. The van der Waals surface area contributed by atoms with E-state index < -0.39 is 13.4 Å². The molecule has 0 rings (SSSR count). The van der Waals surface area contributed by atoms with Crippen LogP contribution in [0.1, 0.15) is 6.92 Å². The van der Waals surface area contributed by atoms with Crippen molar-refractivity contribution in [2.24, 2.45) is 0 Å². The molecule has 0 aromatic rings. The Morgan fingerprint density at radius 3 is 1.92 bits per heavy atom. The van der Waals surface area contributed by atoms with Crippen molar-refractivity contribution in [3.05, 3.63) is 0 Å². The molecule has 0 radical (unpaired) electrons. The Balaban J connectivity index is 4.09. The van der Waals surface area contributed by atoms with Gasteiger partial charge in [-0.3, -0.25) is 4.57 Å². The number of alkyl halides is 2. The number of aliphatic hydroxyl groups is 1. The highest BCUT2D eigenvalue weighted by atomic mass is 35.5. The van der Waals surface area contributed by atoms with Crippen LogP contribution in [0, 0.1) is 0 Å². The SMILES string of the molecule is CC(O)P(=O)(OCCCl)OCCCl. The lowest BCUT2D eigenvalue weighted by atomic mass is 10.9. The highest BCUT2D eigenvalue weighted by Gasteiger charge is 2.30. The third-order valence-electron chi connectivity index (χ3n) is 1.15. The number of hydrogen-bond donors (Lipinski definition) is 1. The Bertz CT molecular complexity index is 164. The van der Waals surface area contributed by atoms with Gasteiger partial charge in [-0.2, -0.15) is 0 Å². The number of rotatable bonds is 7. The summed E-state index contributed by atoms with van der Waals surface area (Å²) in [7, 11) is -3.44. The molecule has 0 aromatic heterocycles. The quantitative estimate of drug-likeness (QED) is 0.555. The normalized spacial score (nSPS) is 14.5. The molecule has 0 aliphatic rings. The monoisotopic (exact) mass is 250 g/mol. The number of aliphatic hydroxyl groups excluding tert-OH is 1. The van der Waals surface area contributed by atoms with Gasteiger partial charge in [0.2, 0.25) is 0 Å². The van der Waals surface area contributed by atoms with Gasteiger partial charge in [0.1, 0.15) is 0 Å². The summed E-state index contributed by atoms with van der Waals surface area (Å²) in [5, 5.41) is 9.13. The van der Waals surface area contributed by atoms with E-state index in [1.54, 1.807) is 0 Å². The molecule has 0 aliphatic carbocycles. The molecule has 0 saturated heterocycles. The number of hydrogen-bond acceptors (Lipinski definition) is 4. The standard InChI is InChI=1S/C6H13Cl2O4P/c1-6(9)13(10,11-4-2-7)12-5-3-8/h6,9H,2-5H2,1H3. The molecule has 0 saturated carbocycles. The van der Waals surface area contributed by atoms with E-state index >= 15 is 0 Å². The van der Waals surface area contributed by atoms with Gasteiger partial charge < -0.3 is 14.2 Å². The second kappa shape index (κ2) is 7.04. The minimum absolute atomic E-state index is 0.0754. The maximum atomic E-state index is 11.6. The molecule has 1 N–H and O–H groups in total. The molecule has 1 atom stereocenters. The molecular formula is C6H13Cl2O4P.